The number of nitrogens with one attached hydrogen (secondary N) is 1. The molecule has 1 amide bonds. The van der Waals surface area contributed by atoms with Gasteiger partial charge in [0.15, 0.2) is 6.61 Å². The van der Waals surface area contributed by atoms with E-state index in [0.29, 0.717) is 6.04 Å². The van der Waals surface area contributed by atoms with E-state index < -0.39 is 0 Å². The van der Waals surface area contributed by atoms with E-state index in [1.165, 1.54) is 18.4 Å². The summed E-state index contributed by atoms with van der Waals surface area (Å²) < 4.78 is 5.56. The first-order valence-electron chi connectivity index (χ1n) is 7.89. The molecule has 22 heavy (non-hydrogen) atoms. The average Bonchev–Trinajstić information content (AvgIpc) is 3.07. The van der Waals surface area contributed by atoms with Crippen molar-refractivity contribution in [2.45, 2.75) is 31.7 Å². The topological polar surface area (TPSA) is 38.3 Å². The Morgan fingerprint density at radius 2 is 1.59 bits per heavy atom. The largest absolute Gasteiger partial charge is 0.484 e. The van der Waals surface area contributed by atoms with Crippen LogP contribution in [0.5, 0.6) is 5.75 Å². The zero-order valence-corrected chi connectivity index (χ0v) is 12.6. The highest BCUT2D eigenvalue weighted by atomic mass is 16.5. The van der Waals surface area contributed by atoms with Crippen LogP contribution in [0.15, 0.2) is 54.6 Å². The molecule has 0 heterocycles. The standard InChI is InChI=1S/C19H21NO2/c21-19(20-17-8-4-5-9-17)14-22-18-12-10-16(11-13-18)15-6-2-1-3-7-15/h1-3,6-7,10-13,17H,4-5,8-9,14H2,(H,20,21). The van der Waals surface area contributed by atoms with Gasteiger partial charge in [-0.2, -0.15) is 0 Å². The molecule has 3 heteroatoms. The second kappa shape index (κ2) is 7.12. The van der Waals surface area contributed by atoms with E-state index in [1.807, 2.05) is 42.5 Å². The van der Waals surface area contributed by atoms with Gasteiger partial charge in [0.05, 0.1) is 0 Å². The van der Waals surface area contributed by atoms with E-state index in [1.54, 1.807) is 0 Å². The number of amides is 1. The van der Waals surface area contributed by atoms with Crippen LogP contribution in [-0.4, -0.2) is 18.6 Å². The zero-order chi connectivity index (χ0) is 15.2. The maximum absolute atomic E-state index is 11.8. The van der Waals surface area contributed by atoms with E-state index in [-0.39, 0.29) is 12.5 Å². The van der Waals surface area contributed by atoms with Crippen molar-refractivity contribution in [3.05, 3.63) is 54.6 Å². The zero-order valence-electron chi connectivity index (χ0n) is 12.6. The maximum atomic E-state index is 11.8. The molecular weight excluding hydrogens is 274 g/mol. The lowest BCUT2D eigenvalue weighted by atomic mass is 10.1. The van der Waals surface area contributed by atoms with E-state index in [9.17, 15) is 4.79 Å². The molecule has 0 aliphatic heterocycles. The number of carbonyl (C=O) groups excluding carboxylic acids is 1. The summed E-state index contributed by atoms with van der Waals surface area (Å²) in [5.74, 6) is 0.695. The molecule has 3 nitrogen and oxygen atoms in total. The predicted octanol–water partition coefficient (Wildman–Crippen LogP) is 3.79. The van der Waals surface area contributed by atoms with Gasteiger partial charge in [0.25, 0.3) is 5.91 Å². The fourth-order valence-corrected chi connectivity index (χ4v) is 2.86. The molecule has 0 saturated heterocycles. The van der Waals surface area contributed by atoms with Crippen LogP contribution in [0.3, 0.4) is 0 Å². The number of rotatable bonds is 5. The Bertz CT molecular complexity index is 601. The lowest BCUT2D eigenvalue weighted by Crippen LogP contribution is -2.36. The summed E-state index contributed by atoms with van der Waals surface area (Å²) in [7, 11) is 0. The first kappa shape index (κ1) is 14.6. The summed E-state index contributed by atoms with van der Waals surface area (Å²) in [5, 5.41) is 3.02. The van der Waals surface area contributed by atoms with E-state index in [0.717, 1.165) is 24.2 Å². The number of hydrogen-bond acceptors (Lipinski definition) is 2. The number of ether oxygens (including phenoxy) is 1. The number of hydrogen-bond donors (Lipinski definition) is 1. The van der Waals surface area contributed by atoms with Crippen LogP contribution in [0.25, 0.3) is 11.1 Å². The maximum Gasteiger partial charge on any atom is 0.258 e. The number of benzene rings is 2. The summed E-state index contributed by atoms with van der Waals surface area (Å²) in [5.41, 5.74) is 2.32. The molecule has 0 radical (unpaired) electrons. The van der Waals surface area contributed by atoms with Gasteiger partial charge < -0.3 is 10.1 Å². The van der Waals surface area contributed by atoms with Crippen molar-refractivity contribution in [1.29, 1.82) is 0 Å². The van der Waals surface area contributed by atoms with Crippen LogP contribution < -0.4 is 10.1 Å². The molecule has 1 fully saturated rings. The molecule has 2 aromatic carbocycles. The molecule has 2 aromatic rings. The molecule has 0 atom stereocenters. The third-order valence-electron chi connectivity index (χ3n) is 4.05. The highest BCUT2D eigenvalue weighted by Crippen LogP contribution is 2.22. The van der Waals surface area contributed by atoms with E-state index in [4.69, 9.17) is 4.74 Å². The third-order valence-corrected chi connectivity index (χ3v) is 4.05. The van der Waals surface area contributed by atoms with Crippen LogP contribution in [0.1, 0.15) is 25.7 Å². The van der Waals surface area contributed by atoms with Crippen LogP contribution >= 0.6 is 0 Å². The number of carbonyl (C=O) groups is 1. The summed E-state index contributed by atoms with van der Waals surface area (Å²) in [6, 6.07) is 18.4. The van der Waals surface area contributed by atoms with Gasteiger partial charge in [0.2, 0.25) is 0 Å². The summed E-state index contributed by atoms with van der Waals surface area (Å²) in [6.07, 6.45) is 4.62. The van der Waals surface area contributed by atoms with Crippen molar-refractivity contribution in [3.63, 3.8) is 0 Å². The lowest BCUT2D eigenvalue weighted by molar-refractivity contribution is -0.123. The Morgan fingerprint density at radius 1 is 0.955 bits per heavy atom. The van der Waals surface area contributed by atoms with Gasteiger partial charge >= 0.3 is 0 Å². The minimum Gasteiger partial charge on any atom is -0.484 e. The Kier molecular flexibility index (Phi) is 4.74. The second-order valence-electron chi connectivity index (χ2n) is 5.73. The molecule has 1 aliphatic carbocycles. The SMILES string of the molecule is O=C(COc1ccc(-c2ccccc2)cc1)NC1CCCC1. The Labute approximate surface area is 131 Å². The van der Waals surface area contributed by atoms with Crippen LogP contribution in [-0.2, 0) is 4.79 Å². The quantitative estimate of drug-likeness (QED) is 0.911. The molecule has 0 unspecified atom stereocenters. The average molecular weight is 295 g/mol. The molecule has 1 aliphatic rings. The van der Waals surface area contributed by atoms with Crippen LogP contribution in [0.4, 0.5) is 0 Å². The highest BCUT2D eigenvalue weighted by molar-refractivity contribution is 5.77. The summed E-state index contributed by atoms with van der Waals surface area (Å²) >= 11 is 0. The van der Waals surface area contributed by atoms with E-state index in [2.05, 4.69) is 17.4 Å². The fourth-order valence-electron chi connectivity index (χ4n) is 2.86. The van der Waals surface area contributed by atoms with Gasteiger partial charge in [-0.3, -0.25) is 4.79 Å². The van der Waals surface area contributed by atoms with Gasteiger partial charge in [-0.15, -0.1) is 0 Å². The van der Waals surface area contributed by atoms with Crippen molar-refractivity contribution in [2.75, 3.05) is 6.61 Å². The van der Waals surface area contributed by atoms with Gasteiger partial charge in [-0.05, 0) is 36.1 Å². The lowest BCUT2D eigenvalue weighted by Gasteiger charge is -2.12. The summed E-state index contributed by atoms with van der Waals surface area (Å²) in [4.78, 5) is 11.8. The minimum atomic E-state index is -0.0287. The molecule has 3 rings (SSSR count). The molecule has 0 spiro atoms. The van der Waals surface area contributed by atoms with Crippen molar-refractivity contribution < 1.29 is 9.53 Å². The Hall–Kier alpha value is -2.29. The fraction of sp³-hybridized carbons (Fsp3) is 0.316. The van der Waals surface area contributed by atoms with Crippen molar-refractivity contribution in [1.82, 2.24) is 5.32 Å². The van der Waals surface area contributed by atoms with Crippen molar-refractivity contribution in [3.8, 4) is 16.9 Å². The molecule has 1 saturated carbocycles. The Balaban J connectivity index is 1.51. The first-order chi connectivity index (χ1) is 10.8. The van der Waals surface area contributed by atoms with E-state index >= 15 is 0 Å². The van der Waals surface area contributed by atoms with Crippen molar-refractivity contribution >= 4 is 5.91 Å². The second-order valence-corrected chi connectivity index (χ2v) is 5.73. The van der Waals surface area contributed by atoms with Gasteiger partial charge in [-0.1, -0.05) is 55.3 Å². The predicted molar refractivity (Wildman–Crippen MR) is 87.8 cm³/mol. The molecule has 1 N–H and O–H groups in total. The highest BCUT2D eigenvalue weighted by Gasteiger charge is 2.17. The van der Waals surface area contributed by atoms with Crippen LogP contribution in [0.2, 0.25) is 0 Å². The third kappa shape index (κ3) is 3.88. The smallest absolute Gasteiger partial charge is 0.258 e. The minimum absolute atomic E-state index is 0.0287. The monoisotopic (exact) mass is 295 g/mol. The molecule has 0 aromatic heterocycles. The molecule has 114 valence electrons. The normalized spacial score (nSPS) is 14.7. The van der Waals surface area contributed by atoms with Gasteiger partial charge in [-0.25, -0.2) is 0 Å². The van der Waals surface area contributed by atoms with Gasteiger partial charge in [0, 0.05) is 6.04 Å². The van der Waals surface area contributed by atoms with Crippen molar-refractivity contribution in [2.24, 2.45) is 0 Å². The Morgan fingerprint density at radius 3 is 2.27 bits per heavy atom. The summed E-state index contributed by atoms with van der Waals surface area (Å²) in [6.45, 7) is 0.0845. The molecular formula is C19H21NO2. The molecule has 0 bridgehead atoms. The first-order valence-corrected chi connectivity index (χ1v) is 7.89. The van der Waals surface area contributed by atoms with Gasteiger partial charge in [0.1, 0.15) is 5.75 Å². The van der Waals surface area contributed by atoms with Crippen LogP contribution in [0, 0.1) is 0 Å².